The zero-order valence-corrected chi connectivity index (χ0v) is 20.5. The van der Waals surface area contributed by atoms with E-state index in [9.17, 15) is 14.4 Å². The lowest BCUT2D eigenvalue weighted by Gasteiger charge is -2.13. The molecule has 172 valence electrons. The second-order valence-electron chi connectivity index (χ2n) is 8.16. The topological polar surface area (TPSA) is 92.2 Å². The van der Waals surface area contributed by atoms with Crippen molar-refractivity contribution in [3.63, 3.8) is 0 Å². The van der Waals surface area contributed by atoms with Crippen LogP contribution in [0.2, 0.25) is 0 Å². The summed E-state index contributed by atoms with van der Waals surface area (Å²) in [5, 5.41) is 6.18. The van der Waals surface area contributed by atoms with Crippen molar-refractivity contribution in [3.8, 4) is 0 Å². The Morgan fingerprint density at radius 2 is 1.44 bits per heavy atom. The molecule has 3 amide bonds. The highest BCUT2D eigenvalue weighted by Gasteiger charge is 2.21. The van der Waals surface area contributed by atoms with Gasteiger partial charge in [-0.05, 0) is 86.0 Å². The summed E-state index contributed by atoms with van der Waals surface area (Å²) in [5.74, 6) is -2.16. The molecule has 0 saturated heterocycles. The maximum Gasteiger partial charge on any atom is 0.328 e. The summed E-state index contributed by atoms with van der Waals surface area (Å²) < 4.78 is 2.15. The lowest BCUT2D eigenvalue weighted by atomic mass is 10.1. The van der Waals surface area contributed by atoms with Crippen LogP contribution in [-0.4, -0.2) is 22.4 Å². The molecule has 0 aliphatic rings. The van der Waals surface area contributed by atoms with Crippen LogP contribution in [0.15, 0.2) is 71.2 Å². The van der Waals surface area contributed by atoms with Crippen molar-refractivity contribution >= 4 is 55.9 Å². The van der Waals surface area contributed by atoms with Crippen molar-refractivity contribution in [3.05, 3.63) is 93.6 Å². The maximum atomic E-state index is 13.1. The monoisotopic (exact) mass is 518 g/mol. The zero-order valence-electron chi connectivity index (χ0n) is 18.9. The average Bonchev–Trinajstić information content (AvgIpc) is 3.10. The number of hydrogen-bond acceptors (Lipinski definition) is 3. The standard InChI is InChI=1S/C26H23BrN4O3/c1-15-5-4-6-20(10-15)28-24(32)23-14-18-13-19(27)7-8-22(18)31(23)30-26(34)25(33)29-21-11-16(2)9-17(3)12-21/h4-14H,1-3H3,(H,28,32)(H,29,33)(H,30,34). The molecule has 0 radical (unpaired) electrons. The number of amides is 3. The summed E-state index contributed by atoms with van der Waals surface area (Å²) >= 11 is 3.43. The molecular weight excluding hydrogens is 496 g/mol. The van der Waals surface area contributed by atoms with Crippen molar-refractivity contribution in [2.75, 3.05) is 16.1 Å². The predicted octanol–water partition coefficient (Wildman–Crippen LogP) is 5.29. The quantitative estimate of drug-likeness (QED) is 0.320. The summed E-state index contributed by atoms with van der Waals surface area (Å²) in [6.45, 7) is 5.75. The van der Waals surface area contributed by atoms with Gasteiger partial charge in [-0.3, -0.25) is 19.8 Å². The molecule has 0 fully saturated rings. The van der Waals surface area contributed by atoms with Gasteiger partial charge in [0.15, 0.2) is 0 Å². The minimum absolute atomic E-state index is 0.183. The van der Waals surface area contributed by atoms with Gasteiger partial charge in [-0.15, -0.1) is 0 Å². The molecule has 8 heteroatoms. The van der Waals surface area contributed by atoms with Gasteiger partial charge in [-0.25, -0.2) is 4.68 Å². The molecule has 3 N–H and O–H groups in total. The zero-order chi connectivity index (χ0) is 24.4. The van der Waals surface area contributed by atoms with Gasteiger partial charge in [0.25, 0.3) is 5.91 Å². The number of nitrogens with zero attached hydrogens (tertiary/aromatic N) is 1. The van der Waals surface area contributed by atoms with Gasteiger partial charge in [-0.1, -0.05) is 34.1 Å². The van der Waals surface area contributed by atoms with Crippen LogP contribution in [0.25, 0.3) is 10.9 Å². The number of nitrogens with one attached hydrogen (secondary N) is 3. The van der Waals surface area contributed by atoms with Crippen LogP contribution in [0.4, 0.5) is 11.4 Å². The highest BCUT2D eigenvalue weighted by Crippen LogP contribution is 2.24. The van der Waals surface area contributed by atoms with E-state index in [1.165, 1.54) is 4.68 Å². The highest BCUT2D eigenvalue weighted by atomic mass is 79.9. The molecule has 1 aromatic heterocycles. The minimum Gasteiger partial charge on any atom is -0.321 e. The number of halogens is 1. The summed E-state index contributed by atoms with van der Waals surface area (Å²) in [7, 11) is 0. The molecular formula is C26H23BrN4O3. The van der Waals surface area contributed by atoms with E-state index in [1.54, 1.807) is 36.4 Å². The number of hydrogen-bond donors (Lipinski definition) is 3. The second-order valence-corrected chi connectivity index (χ2v) is 9.08. The van der Waals surface area contributed by atoms with E-state index in [-0.39, 0.29) is 5.69 Å². The number of carbonyl (C=O) groups is 3. The van der Waals surface area contributed by atoms with Crippen LogP contribution < -0.4 is 16.1 Å². The van der Waals surface area contributed by atoms with Crippen LogP contribution in [-0.2, 0) is 9.59 Å². The van der Waals surface area contributed by atoms with Crippen molar-refractivity contribution in [2.24, 2.45) is 0 Å². The lowest BCUT2D eigenvalue weighted by Crippen LogP contribution is -2.36. The van der Waals surface area contributed by atoms with Gasteiger partial charge >= 0.3 is 11.8 Å². The first kappa shape index (κ1) is 23.3. The molecule has 4 rings (SSSR count). The van der Waals surface area contributed by atoms with Gasteiger partial charge in [0, 0.05) is 21.2 Å². The van der Waals surface area contributed by atoms with Gasteiger partial charge < -0.3 is 10.6 Å². The van der Waals surface area contributed by atoms with Crippen LogP contribution in [0.5, 0.6) is 0 Å². The van der Waals surface area contributed by atoms with Crippen LogP contribution in [0.3, 0.4) is 0 Å². The Kier molecular flexibility index (Phi) is 6.51. The lowest BCUT2D eigenvalue weighted by molar-refractivity contribution is -0.133. The van der Waals surface area contributed by atoms with E-state index in [4.69, 9.17) is 0 Å². The Bertz CT molecular complexity index is 1420. The third-order valence-corrected chi connectivity index (χ3v) is 5.66. The number of anilines is 2. The molecule has 1 heterocycles. The second kappa shape index (κ2) is 9.52. The molecule has 0 aliphatic carbocycles. The first-order valence-electron chi connectivity index (χ1n) is 10.6. The summed E-state index contributed by atoms with van der Waals surface area (Å²) in [6.07, 6.45) is 0. The summed E-state index contributed by atoms with van der Waals surface area (Å²) in [6, 6.07) is 20.0. The van der Waals surface area contributed by atoms with Gasteiger partial charge in [0.05, 0.1) is 5.52 Å². The Morgan fingerprint density at radius 1 is 0.735 bits per heavy atom. The fraction of sp³-hybridized carbons (Fsp3) is 0.115. The van der Waals surface area contributed by atoms with E-state index in [0.29, 0.717) is 16.9 Å². The van der Waals surface area contributed by atoms with Crippen LogP contribution in [0, 0.1) is 20.8 Å². The first-order chi connectivity index (χ1) is 16.2. The normalized spacial score (nSPS) is 10.7. The van der Waals surface area contributed by atoms with Gasteiger partial charge in [-0.2, -0.15) is 0 Å². The van der Waals surface area contributed by atoms with Crippen LogP contribution in [0.1, 0.15) is 27.2 Å². The summed E-state index contributed by atoms with van der Waals surface area (Å²) in [4.78, 5) is 38.5. The molecule has 7 nitrogen and oxygen atoms in total. The Morgan fingerprint density at radius 3 is 2.15 bits per heavy atom. The predicted molar refractivity (Wildman–Crippen MR) is 138 cm³/mol. The van der Waals surface area contributed by atoms with E-state index < -0.39 is 17.7 Å². The largest absolute Gasteiger partial charge is 0.328 e. The SMILES string of the molecule is Cc1cc(C)cc(NC(=O)C(=O)Nn2c(C(=O)Nc3cccc(C)c3)cc3cc(Br)ccc32)c1. The Hall–Kier alpha value is -3.91. The number of aryl methyl sites for hydroxylation is 3. The average molecular weight is 519 g/mol. The van der Waals surface area contributed by atoms with Crippen molar-refractivity contribution in [1.29, 1.82) is 0 Å². The molecule has 0 spiro atoms. The highest BCUT2D eigenvalue weighted by molar-refractivity contribution is 9.10. The van der Waals surface area contributed by atoms with E-state index in [0.717, 1.165) is 26.5 Å². The number of carbonyl (C=O) groups excluding carboxylic acids is 3. The summed E-state index contributed by atoms with van der Waals surface area (Å²) in [5.41, 5.74) is 7.41. The number of benzene rings is 3. The first-order valence-corrected chi connectivity index (χ1v) is 11.4. The van der Waals surface area contributed by atoms with Gasteiger partial charge in [0.2, 0.25) is 0 Å². The molecule has 0 atom stereocenters. The Balaban J connectivity index is 1.63. The van der Waals surface area contributed by atoms with Crippen LogP contribution >= 0.6 is 15.9 Å². The van der Waals surface area contributed by atoms with Crippen molar-refractivity contribution in [2.45, 2.75) is 20.8 Å². The van der Waals surface area contributed by atoms with Crippen molar-refractivity contribution < 1.29 is 14.4 Å². The molecule has 4 aromatic rings. The smallest absolute Gasteiger partial charge is 0.321 e. The number of rotatable bonds is 4. The third-order valence-electron chi connectivity index (χ3n) is 5.17. The maximum absolute atomic E-state index is 13.1. The van der Waals surface area contributed by atoms with Crippen molar-refractivity contribution in [1.82, 2.24) is 4.68 Å². The number of aromatic nitrogens is 1. The third kappa shape index (κ3) is 5.18. The van der Waals surface area contributed by atoms with E-state index in [1.807, 2.05) is 51.1 Å². The molecule has 0 aliphatic heterocycles. The Labute approximate surface area is 205 Å². The molecule has 3 aromatic carbocycles. The molecule has 0 saturated carbocycles. The molecule has 0 bridgehead atoms. The fourth-order valence-corrected chi connectivity index (χ4v) is 4.16. The molecule has 34 heavy (non-hydrogen) atoms. The molecule has 0 unspecified atom stereocenters. The van der Waals surface area contributed by atoms with Gasteiger partial charge in [0.1, 0.15) is 5.69 Å². The fourth-order valence-electron chi connectivity index (χ4n) is 3.78. The van der Waals surface area contributed by atoms with E-state index in [2.05, 4.69) is 32.0 Å². The van der Waals surface area contributed by atoms with E-state index >= 15 is 0 Å². The number of fused-ring (bicyclic) bond motifs is 1. The minimum atomic E-state index is -0.899.